The minimum Gasteiger partial charge on any atom is -0.381 e. The van der Waals surface area contributed by atoms with Gasteiger partial charge in [0.25, 0.3) is 0 Å². The standard InChI is InChI=1S/C14H26BrNO/c1-2-13-3-7-16(8-4-13)12-14(11-15)5-9-17-10-6-14/h13H,2-12H2,1H3. The molecule has 0 atom stereocenters. The van der Waals surface area contributed by atoms with Crippen LogP contribution in [0.1, 0.15) is 39.0 Å². The molecule has 0 radical (unpaired) electrons. The fourth-order valence-corrected chi connectivity index (χ4v) is 3.90. The van der Waals surface area contributed by atoms with Crippen molar-refractivity contribution in [3.8, 4) is 0 Å². The Labute approximate surface area is 114 Å². The maximum Gasteiger partial charge on any atom is 0.0472 e. The molecule has 2 saturated heterocycles. The molecule has 0 aromatic heterocycles. The molecule has 0 N–H and O–H groups in total. The first kappa shape index (κ1) is 13.8. The van der Waals surface area contributed by atoms with Crippen LogP contribution in [0.5, 0.6) is 0 Å². The van der Waals surface area contributed by atoms with Crippen LogP contribution >= 0.6 is 15.9 Å². The van der Waals surface area contributed by atoms with Gasteiger partial charge in [0.05, 0.1) is 0 Å². The molecule has 100 valence electrons. The molecule has 0 aromatic carbocycles. The highest BCUT2D eigenvalue weighted by molar-refractivity contribution is 9.09. The van der Waals surface area contributed by atoms with Crippen LogP contribution in [0.15, 0.2) is 0 Å². The molecule has 0 unspecified atom stereocenters. The molecule has 3 heteroatoms. The highest BCUT2D eigenvalue weighted by Gasteiger charge is 2.34. The first-order chi connectivity index (χ1) is 8.28. The quantitative estimate of drug-likeness (QED) is 0.739. The smallest absolute Gasteiger partial charge is 0.0472 e. The second-order valence-corrected chi connectivity index (χ2v) is 6.43. The van der Waals surface area contributed by atoms with Gasteiger partial charge in [0.2, 0.25) is 0 Å². The van der Waals surface area contributed by atoms with Gasteiger partial charge in [0.1, 0.15) is 0 Å². The summed E-state index contributed by atoms with van der Waals surface area (Å²) in [6.07, 6.45) is 6.64. The lowest BCUT2D eigenvalue weighted by molar-refractivity contribution is 0.00257. The zero-order chi connectivity index (χ0) is 12.1. The van der Waals surface area contributed by atoms with E-state index < -0.39 is 0 Å². The van der Waals surface area contributed by atoms with E-state index in [1.54, 1.807) is 0 Å². The molecule has 2 fully saturated rings. The van der Waals surface area contributed by atoms with E-state index >= 15 is 0 Å². The van der Waals surface area contributed by atoms with Gasteiger partial charge in [-0.15, -0.1) is 0 Å². The fourth-order valence-electron chi connectivity index (χ4n) is 3.17. The Balaban J connectivity index is 1.82. The van der Waals surface area contributed by atoms with Crippen molar-refractivity contribution < 1.29 is 4.74 Å². The zero-order valence-electron chi connectivity index (χ0n) is 11.1. The summed E-state index contributed by atoms with van der Waals surface area (Å²) in [4.78, 5) is 2.69. The lowest BCUT2D eigenvalue weighted by atomic mass is 9.81. The molecular formula is C14H26BrNO. The highest BCUT2D eigenvalue weighted by atomic mass is 79.9. The first-order valence-corrected chi connectivity index (χ1v) is 8.26. The highest BCUT2D eigenvalue weighted by Crippen LogP contribution is 2.34. The molecule has 2 aliphatic heterocycles. The van der Waals surface area contributed by atoms with Gasteiger partial charge in [-0.1, -0.05) is 29.3 Å². The van der Waals surface area contributed by atoms with Crippen molar-refractivity contribution in [2.45, 2.75) is 39.0 Å². The summed E-state index contributed by atoms with van der Waals surface area (Å²) in [7, 11) is 0. The SMILES string of the molecule is CCC1CCN(CC2(CBr)CCOCC2)CC1. The molecule has 0 aromatic rings. The van der Waals surface area contributed by atoms with E-state index in [4.69, 9.17) is 4.74 Å². The van der Waals surface area contributed by atoms with E-state index in [0.29, 0.717) is 5.41 Å². The van der Waals surface area contributed by atoms with Crippen molar-refractivity contribution in [1.29, 1.82) is 0 Å². The lowest BCUT2D eigenvalue weighted by Gasteiger charge is -2.42. The molecule has 2 nitrogen and oxygen atoms in total. The second kappa shape index (κ2) is 6.53. The van der Waals surface area contributed by atoms with Crippen molar-refractivity contribution in [2.24, 2.45) is 11.3 Å². The Hall–Kier alpha value is 0.400. The molecule has 17 heavy (non-hydrogen) atoms. The van der Waals surface area contributed by atoms with Crippen molar-refractivity contribution in [3.05, 3.63) is 0 Å². The van der Waals surface area contributed by atoms with Crippen LogP contribution in [0.3, 0.4) is 0 Å². The van der Waals surface area contributed by atoms with Crippen molar-refractivity contribution in [3.63, 3.8) is 0 Å². The van der Waals surface area contributed by atoms with Gasteiger partial charge >= 0.3 is 0 Å². The van der Waals surface area contributed by atoms with Gasteiger partial charge in [0.15, 0.2) is 0 Å². The molecule has 0 aliphatic carbocycles. The summed E-state index contributed by atoms with van der Waals surface area (Å²) in [5.74, 6) is 0.987. The average Bonchev–Trinajstić information content (AvgIpc) is 2.41. The van der Waals surface area contributed by atoms with Crippen molar-refractivity contribution in [1.82, 2.24) is 4.90 Å². The molecule has 0 amide bonds. The van der Waals surface area contributed by atoms with Gasteiger partial charge < -0.3 is 9.64 Å². The van der Waals surface area contributed by atoms with E-state index in [1.165, 1.54) is 51.7 Å². The number of rotatable bonds is 4. The molecular weight excluding hydrogens is 278 g/mol. The van der Waals surface area contributed by atoms with Crippen LogP contribution in [-0.4, -0.2) is 43.1 Å². The summed E-state index contributed by atoms with van der Waals surface area (Å²) in [5.41, 5.74) is 0.483. The third kappa shape index (κ3) is 3.68. The van der Waals surface area contributed by atoms with E-state index in [9.17, 15) is 0 Å². The summed E-state index contributed by atoms with van der Waals surface area (Å²) in [6.45, 7) is 8.15. The molecule has 0 spiro atoms. The first-order valence-electron chi connectivity index (χ1n) is 7.14. The summed E-state index contributed by atoms with van der Waals surface area (Å²) in [6, 6.07) is 0. The second-order valence-electron chi connectivity index (χ2n) is 5.87. The Bertz CT molecular complexity index is 220. The Morgan fingerprint density at radius 3 is 2.41 bits per heavy atom. The van der Waals surface area contributed by atoms with Crippen molar-refractivity contribution in [2.75, 3.05) is 38.2 Å². The summed E-state index contributed by atoms with van der Waals surface area (Å²) < 4.78 is 5.51. The molecule has 0 saturated carbocycles. The maximum atomic E-state index is 5.51. The van der Waals surface area contributed by atoms with Crippen LogP contribution in [0.25, 0.3) is 0 Å². The molecule has 2 heterocycles. The largest absolute Gasteiger partial charge is 0.381 e. The number of halogens is 1. The number of alkyl halides is 1. The van der Waals surface area contributed by atoms with Gasteiger partial charge in [-0.2, -0.15) is 0 Å². The number of nitrogens with zero attached hydrogens (tertiary/aromatic N) is 1. The third-order valence-electron chi connectivity index (χ3n) is 4.68. The number of hydrogen-bond donors (Lipinski definition) is 0. The van der Waals surface area contributed by atoms with Crippen LogP contribution < -0.4 is 0 Å². The number of ether oxygens (including phenoxy) is 1. The van der Waals surface area contributed by atoms with Crippen LogP contribution in [0, 0.1) is 11.3 Å². The van der Waals surface area contributed by atoms with E-state index in [0.717, 1.165) is 24.5 Å². The van der Waals surface area contributed by atoms with E-state index in [2.05, 4.69) is 27.8 Å². The maximum absolute atomic E-state index is 5.51. The van der Waals surface area contributed by atoms with Crippen LogP contribution in [-0.2, 0) is 4.74 Å². The van der Waals surface area contributed by atoms with Gasteiger partial charge in [-0.25, -0.2) is 0 Å². The van der Waals surface area contributed by atoms with E-state index in [1.807, 2.05) is 0 Å². The molecule has 2 aliphatic rings. The summed E-state index contributed by atoms with van der Waals surface area (Å²) >= 11 is 3.74. The monoisotopic (exact) mass is 303 g/mol. The van der Waals surface area contributed by atoms with Crippen molar-refractivity contribution >= 4 is 15.9 Å². The number of likely N-dealkylation sites (tertiary alicyclic amines) is 1. The fraction of sp³-hybridized carbons (Fsp3) is 1.00. The van der Waals surface area contributed by atoms with Crippen LogP contribution in [0.2, 0.25) is 0 Å². The number of piperidine rings is 1. The normalized spacial score (nSPS) is 27.2. The third-order valence-corrected chi connectivity index (χ3v) is 5.87. The minimum absolute atomic E-state index is 0.483. The van der Waals surface area contributed by atoms with Gasteiger partial charge in [-0.05, 0) is 50.1 Å². The zero-order valence-corrected chi connectivity index (χ0v) is 12.7. The predicted molar refractivity (Wildman–Crippen MR) is 75.7 cm³/mol. The van der Waals surface area contributed by atoms with Gasteiger partial charge in [-0.3, -0.25) is 0 Å². The van der Waals surface area contributed by atoms with E-state index in [-0.39, 0.29) is 0 Å². The Kier molecular flexibility index (Phi) is 5.31. The van der Waals surface area contributed by atoms with Crippen LogP contribution in [0.4, 0.5) is 0 Å². The summed E-state index contributed by atoms with van der Waals surface area (Å²) in [5, 5.41) is 1.14. The number of hydrogen-bond acceptors (Lipinski definition) is 2. The Morgan fingerprint density at radius 1 is 1.24 bits per heavy atom. The Morgan fingerprint density at radius 2 is 1.88 bits per heavy atom. The molecule has 2 rings (SSSR count). The average molecular weight is 304 g/mol. The molecule has 0 bridgehead atoms. The predicted octanol–water partition coefficient (Wildman–Crippen LogP) is 3.30. The topological polar surface area (TPSA) is 12.5 Å². The van der Waals surface area contributed by atoms with Gasteiger partial charge in [0, 0.05) is 25.1 Å². The lowest BCUT2D eigenvalue weighted by Crippen LogP contribution is -2.45. The minimum atomic E-state index is 0.483.